The summed E-state index contributed by atoms with van der Waals surface area (Å²) in [6.45, 7) is 4.53. The molecule has 11 heteroatoms. The van der Waals surface area contributed by atoms with Crippen molar-refractivity contribution < 1.29 is 23.5 Å². The van der Waals surface area contributed by atoms with Crippen molar-refractivity contribution in [3.63, 3.8) is 0 Å². The minimum absolute atomic E-state index is 0.108. The molecule has 3 aliphatic carbocycles. The molecule has 268 valence electrons. The van der Waals surface area contributed by atoms with Crippen LogP contribution in [0.3, 0.4) is 0 Å². The summed E-state index contributed by atoms with van der Waals surface area (Å²) in [5.74, 6) is 3.42. The number of anilines is 1. The number of nitrogens with one attached hydrogen (secondary N) is 1. The first kappa shape index (κ1) is 34.5. The lowest BCUT2D eigenvalue weighted by Crippen LogP contribution is -2.47. The third-order valence-corrected chi connectivity index (χ3v) is 11.3. The number of pyridine rings is 2. The fraction of sp³-hybridized carbons (Fsp3) is 0.615. The van der Waals surface area contributed by atoms with E-state index >= 15 is 0 Å². The van der Waals surface area contributed by atoms with Crippen LogP contribution in [0.4, 0.5) is 10.6 Å². The highest BCUT2D eigenvalue weighted by molar-refractivity contribution is 5.94. The first-order valence-corrected chi connectivity index (χ1v) is 18.7. The van der Waals surface area contributed by atoms with Gasteiger partial charge in [0.25, 0.3) is 0 Å². The second kappa shape index (κ2) is 15.5. The molecule has 1 aliphatic heterocycles. The molecule has 0 bridgehead atoms. The van der Waals surface area contributed by atoms with E-state index in [-0.39, 0.29) is 30.1 Å². The number of alkyl carbamates (subject to hydrolysis) is 1. The lowest BCUT2D eigenvalue weighted by Gasteiger charge is -2.35. The molecule has 0 aromatic carbocycles. The van der Waals surface area contributed by atoms with E-state index in [0.717, 1.165) is 98.7 Å². The number of piperidine rings is 1. The molecule has 11 nitrogen and oxygen atoms in total. The normalized spacial score (nSPS) is 25.9. The van der Waals surface area contributed by atoms with Crippen LogP contribution in [-0.2, 0) is 9.53 Å². The Morgan fingerprint density at radius 3 is 2.48 bits per heavy atom. The molecule has 7 rings (SSSR count). The standard InChI is InChI=1S/C39H52N6O5/c1-25-35(48-3)17-16-33(41-25)27-8-6-26(7-9-27)22-45(36-21-30(18-19-40-36)34-24-49-37(43-34)28-10-11-28)38(46)29-12-14-32(15-13-29)50-39(47)42-31-5-4-20-44(2)23-31/h16-19,21,24,26-29,31-32H,4-15,20,22-23H2,1-3H3,(H,42,47)/t26?,27?,29?,31-,32?/m1/s1. The van der Waals surface area contributed by atoms with Gasteiger partial charge in [0.05, 0.1) is 12.8 Å². The lowest BCUT2D eigenvalue weighted by atomic mass is 9.79. The van der Waals surface area contributed by atoms with E-state index in [9.17, 15) is 9.59 Å². The summed E-state index contributed by atoms with van der Waals surface area (Å²) in [5, 5.41) is 3.06. The molecule has 4 fully saturated rings. The number of aryl methyl sites for hydroxylation is 1. The molecule has 0 unspecified atom stereocenters. The van der Waals surface area contributed by atoms with Crippen molar-refractivity contribution in [1.82, 2.24) is 25.2 Å². The van der Waals surface area contributed by atoms with E-state index in [1.54, 1.807) is 19.6 Å². The zero-order valence-corrected chi connectivity index (χ0v) is 29.8. The van der Waals surface area contributed by atoms with E-state index in [1.807, 2.05) is 30.0 Å². The van der Waals surface area contributed by atoms with Gasteiger partial charge >= 0.3 is 6.09 Å². The summed E-state index contributed by atoms with van der Waals surface area (Å²) in [6.07, 6.45) is 14.1. The first-order valence-electron chi connectivity index (χ1n) is 18.7. The van der Waals surface area contributed by atoms with Crippen LogP contribution in [0.5, 0.6) is 5.75 Å². The van der Waals surface area contributed by atoms with Gasteiger partial charge in [-0.25, -0.2) is 14.8 Å². The quantitative estimate of drug-likeness (QED) is 0.240. The molecule has 2 amide bonds. The molecule has 4 aliphatic rings. The number of amides is 2. The average molecular weight is 685 g/mol. The van der Waals surface area contributed by atoms with Gasteiger partial charge in [0.15, 0.2) is 5.89 Å². The van der Waals surface area contributed by atoms with Gasteiger partial charge < -0.3 is 24.1 Å². The molecular weight excluding hydrogens is 632 g/mol. The Hall–Kier alpha value is -3.99. The number of likely N-dealkylation sites (tertiary alicyclic amines) is 1. The lowest BCUT2D eigenvalue weighted by molar-refractivity contribution is -0.124. The maximum Gasteiger partial charge on any atom is 0.407 e. The Bertz CT molecular complexity index is 1620. The van der Waals surface area contributed by atoms with Crippen LogP contribution in [0, 0.1) is 18.8 Å². The third-order valence-electron chi connectivity index (χ3n) is 11.3. The van der Waals surface area contributed by atoms with Crippen molar-refractivity contribution in [1.29, 1.82) is 0 Å². The fourth-order valence-corrected chi connectivity index (χ4v) is 8.15. The van der Waals surface area contributed by atoms with Crippen molar-refractivity contribution in [2.24, 2.45) is 11.8 Å². The Kier molecular flexibility index (Phi) is 10.7. The van der Waals surface area contributed by atoms with E-state index in [0.29, 0.717) is 55.8 Å². The topological polar surface area (TPSA) is 123 Å². The number of aromatic nitrogens is 3. The minimum Gasteiger partial charge on any atom is -0.495 e. The molecule has 0 radical (unpaired) electrons. The predicted molar refractivity (Wildman–Crippen MR) is 190 cm³/mol. The van der Waals surface area contributed by atoms with E-state index in [2.05, 4.69) is 23.3 Å². The van der Waals surface area contributed by atoms with Gasteiger partial charge in [0.1, 0.15) is 29.6 Å². The maximum atomic E-state index is 14.4. The van der Waals surface area contributed by atoms with Crippen LogP contribution in [-0.4, -0.2) is 77.8 Å². The molecule has 4 heterocycles. The zero-order valence-electron chi connectivity index (χ0n) is 29.8. The summed E-state index contributed by atoms with van der Waals surface area (Å²) < 4.78 is 17.1. The van der Waals surface area contributed by atoms with Gasteiger partial charge in [-0.2, -0.15) is 0 Å². The molecule has 3 aromatic heterocycles. The average Bonchev–Trinajstić information content (AvgIpc) is 3.86. The number of ether oxygens (including phenoxy) is 2. The van der Waals surface area contributed by atoms with Crippen LogP contribution in [0.2, 0.25) is 0 Å². The minimum atomic E-state index is -0.337. The van der Waals surface area contributed by atoms with Crippen LogP contribution in [0.15, 0.2) is 41.1 Å². The van der Waals surface area contributed by atoms with Crippen LogP contribution in [0.25, 0.3) is 11.3 Å². The fourth-order valence-electron chi connectivity index (χ4n) is 8.15. The molecule has 0 spiro atoms. The number of rotatable bonds is 10. The number of carbonyl (C=O) groups excluding carboxylic acids is 2. The van der Waals surface area contributed by atoms with Gasteiger partial charge in [-0.05, 0) is 128 Å². The molecule has 1 saturated heterocycles. The maximum absolute atomic E-state index is 14.4. The summed E-state index contributed by atoms with van der Waals surface area (Å²) in [7, 11) is 3.76. The highest BCUT2D eigenvalue weighted by Gasteiger charge is 2.35. The van der Waals surface area contributed by atoms with E-state index in [4.69, 9.17) is 28.8 Å². The second-order valence-corrected chi connectivity index (χ2v) is 15.1. The number of oxazole rings is 1. The zero-order chi connectivity index (χ0) is 34.6. The van der Waals surface area contributed by atoms with Crippen molar-refractivity contribution in [2.45, 2.75) is 108 Å². The highest BCUT2D eigenvalue weighted by atomic mass is 16.6. The molecular formula is C39H52N6O5. The van der Waals surface area contributed by atoms with Crippen LogP contribution in [0.1, 0.15) is 106 Å². The van der Waals surface area contributed by atoms with Crippen molar-refractivity contribution in [3.05, 3.63) is 54.0 Å². The SMILES string of the molecule is COc1ccc(C2CCC(CN(C(=O)C3CCC(OC(=O)N[C@@H]4CCCN(C)C4)CC3)c3cc(-c4coc(C5CC5)n4)ccn3)CC2)nc1C. The Balaban J connectivity index is 1.01. The number of likely N-dealkylation sites (N-methyl/N-ethyl adjacent to an activating group) is 1. The molecule has 3 aromatic rings. The van der Waals surface area contributed by atoms with Crippen LogP contribution >= 0.6 is 0 Å². The number of hydrogen-bond donors (Lipinski definition) is 1. The molecule has 3 saturated carbocycles. The highest BCUT2D eigenvalue weighted by Crippen LogP contribution is 2.41. The Morgan fingerprint density at radius 1 is 0.980 bits per heavy atom. The van der Waals surface area contributed by atoms with Gasteiger partial charge in [-0.1, -0.05) is 0 Å². The number of carbonyl (C=O) groups is 2. The number of methoxy groups -OCH3 is 1. The number of nitrogens with zero attached hydrogens (tertiary/aromatic N) is 5. The predicted octanol–water partition coefficient (Wildman–Crippen LogP) is 7.01. The summed E-state index contributed by atoms with van der Waals surface area (Å²) in [4.78, 5) is 45.7. The van der Waals surface area contributed by atoms with Crippen molar-refractivity contribution in [3.8, 4) is 17.0 Å². The Labute approximate surface area is 295 Å². The molecule has 50 heavy (non-hydrogen) atoms. The summed E-state index contributed by atoms with van der Waals surface area (Å²) in [6, 6.07) is 8.17. The van der Waals surface area contributed by atoms with Gasteiger partial charge in [-0.15, -0.1) is 0 Å². The Morgan fingerprint density at radius 2 is 1.76 bits per heavy atom. The summed E-state index contributed by atoms with van der Waals surface area (Å²) in [5.41, 5.74) is 3.73. The van der Waals surface area contributed by atoms with Gasteiger partial charge in [0, 0.05) is 54.3 Å². The third kappa shape index (κ3) is 8.30. The van der Waals surface area contributed by atoms with Crippen molar-refractivity contribution >= 4 is 17.8 Å². The number of hydrogen-bond acceptors (Lipinski definition) is 9. The molecule has 1 atom stereocenters. The van der Waals surface area contributed by atoms with Gasteiger partial charge in [-0.3, -0.25) is 14.7 Å². The van der Waals surface area contributed by atoms with Crippen LogP contribution < -0.4 is 15.0 Å². The largest absolute Gasteiger partial charge is 0.495 e. The van der Waals surface area contributed by atoms with Gasteiger partial charge in [0.2, 0.25) is 5.91 Å². The first-order chi connectivity index (χ1) is 24.3. The van der Waals surface area contributed by atoms with Crippen molar-refractivity contribution in [2.75, 3.05) is 38.7 Å². The van der Waals surface area contributed by atoms with E-state index in [1.165, 1.54) is 0 Å². The molecule has 1 N–H and O–H groups in total. The summed E-state index contributed by atoms with van der Waals surface area (Å²) >= 11 is 0. The monoisotopic (exact) mass is 684 g/mol. The second-order valence-electron chi connectivity index (χ2n) is 15.1. The van der Waals surface area contributed by atoms with E-state index < -0.39 is 0 Å². The smallest absolute Gasteiger partial charge is 0.407 e.